The molecule has 14 heavy (non-hydrogen) atoms. The van der Waals surface area contributed by atoms with Crippen LogP contribution in [-0.2, 0) is 11.2 Å². The number of ether oxygens (including phenoxy) is 1. The zero-order chi connectivity index (χ0) is 10.7. The van der Waals surface area contributed by atoms with Gasteiger partial charge in [-0.05, 0) is 12.0 Å². The van der Waals surface area contributed by atoms with E-state index in [0.29, 0.717) is 11.7 Å². The predicted molar refractivity (Wildman–Crippen MR) is 56.3 cm³/mol. The molecule has 1 heterocycles. The molecule has 0 aliphatic carbocycles. The van der Waals surface area contributed by atoms with E-state index in [2.05, 4.69) is 13.8 Å². The zero-order valence-corrected chi connectivity index (χ0v) is 9.35. The second-order valence-corrected chi connectivity index (χ2v) is 4.53. The molecule has 1 rings (SSSR count). The van der Waals surface area contributed by atoms with Gasteiger partial charge in [-0.1, -0.05) is 13.8 Å². The van der Waals surface area contributed by atoms with Gasteiger partial charge in [-0.2, -0.15) is 0 Å². The van der Waals surface area contributed by atoms with Crippen LogP contribution in [0.15, 0.2) is 6.07 Å². The van der Waals surface area contributed by atoms with Crippen molar-refractivity contribution in [3.8, 4) is 5.75 Å². The number of thiophene rings is 1. The van der Waals surface area contributed by atoms with E-state index in [0.717, 1.165) is 9.75 Å². The molecule has 1 aromatic rings. The van der Waals surface area contributed by atoms with Crippen LogP contribution < -0.4 is 4.74 Å². The molecule has 0 unspecified atom stereocenters. The smallest absolute Gasteiger partial charge is 0.308 e. The normalized spacial score (nSPS) is 10.6. The third-order valence-electron chi connectivity index (χ3n) is 1.89. The highest BCUT2D eigenvalue weighted by Gasteiger charge is 2.14. The molecule has 0 spiro atoms. The van der Waals surface area contributed by atoms with Gasteiger partial charge in [0.15, 0.2) is 0 Å². The first-order valence-electron chi connectivity index (χ1n) is 4.43. The highest BCUT2D eigenvalue weighted by Crippen LogP contribution is 2.33. The van der Waals surface area contributed by atoms with Crippen LogP contribution in [0.5, 0.6) is 5.75 Å². The molecule has 4 heteroatoms. The van der Waals surface area contributed by atoms with E-state index in [1.165, 1.54) is 11.3 Å². The maximum Gasteiger partial charge on any atom is 0.308 e. The van der Waals surface area contributed by atoms with Crippen molar-refractivity contribution in [1.29, 1.82) is 0 Å². The third-order valence-corrected chi connectivity index (χ3v) is 3.31. The van der Waals surface area contributed by atoms with Gasteiger partial charge in [0.1, 0.15) is 5.75 Å². The molecule has 0 fully saturated rings. The van der Waals surface area contributed by atoms with Gasteiger partial charge < -0.3 is 9.84 Å². The summed E-state index contributed by atoms with van der Waals surface area (Å²) in [6.07, 6.45) is 0.0422. The van der Waals surface area contributed by atoms with Crippen molar-refractivity contribution in [2.24, 2.45) is 0 Å². The van der Waals surface area contributed by atoms with E-state index in [9.17, 15) is 4.79 Å². The van der Waals surface area contributed by atoms with Gasteiger partial charge in [-0.3, -0.25) is 4.79 Å². The Labute approximate surface area is 87.3 Å². The molecule has 0 aliphatic rings. The highest BCUT2D eigenvalue weighted by molar-refractivity contribution is 7.12. The number of carbonyl (C=O) groups is 1. The molecule has 0 saturated heterocycles. The summed E-state index contributed by atoms with van der Waals surface area (Å²) < 4.78 is 5.12. The minimum Gasteiger partial charge on any atom is -0.496 e. The molecule has 1 N–H and O–H groups in total. The van der Waals surface area contributed by atoms with Crippen LogP contribution in [0.25, 0.3) is 0 Å². The topological polar surface area (TPSA) is 46.5 Å². The molecule has 78 valence electrons. The summed E-state index contributed by atoms with van der Waals surface area (Å²) in [7, 11) is 1.57. The summed E-state index contributed by atoms with van der Waals surface area (Å²) in [6.45, 7) is 4.16. The van der Waals surface area contributed by atoms with Crippen LogP contribution in [0.3, 0.4) is 0 Å². The van der Waals surface area contributed by atoms with Crippen molar-refractivity contribution in [2.75, 3.05) is 7.11 Å². The second-order valence-electron chi connectivity index (χ2n) is 3.37. The van der Waals surface area contributed by atoms with Gasteiger partial charge in [-0.25, -0.2) is 0 Å². The molecule has 0 saturated carbocycles. The number of rotatable bonds is 4. The Morgan fingerprint density at radius 1 is 1.64 bits per heavy atom. The van der Waals surface area contributed by atoms with E-state index in [1.807, 2.05) is 6.07 Å². The minimum absolute atomic E-state index is 0.0422. The number of methoxy groups -OCH3 is 1. The van der Waals surface area contributed by atoms with E-state index >= 15 is 0 Å². The quantitative estimate of drug-likeness (QED) is 0.837. The van der Waals surface area contributed by atoms with Crippen molar-refractivity contribution >= 4 is 17.3 Å². The van der Waals surface area contributed by atoms with Gasteiger partial charge in [0.05, 0.1) is 18.4 Å². The Morgan fingerprint density at radius 3 is 2.71 bits per heavy atom. The molecular weight excluding hydrogens is 200 g/mol. The summed E-state index contributed by atoms with van der Waals surface area (Å²) >= 11 is 1.51. The average molecular weight is 214 g/mol. The van der Waals surface area contributed by atoms with Crippen LogP contribution in [0, 0.1) is 0 Å². The monoisotopic (exact) mass is 214 g/mol. The largest absolute Gasteiger partial charge is 0.496 e. The first-order chi connectivity index (χ1) is 6.54. The van der Waals surface area contributed by atoms with Crippen molar-refractivity contribution in [2.45, 2.75) is 26.2 Å². The Bertz CT molecular complexity index is 328. The molecule has 1 aromatic heterocycles. The predicted octanol–water partition coefficient (Wildman–Crippen LogP) is 2.51. The molecule has 0 amide bonds. The Hall–Kier alpha value is -1.03. The SMILES string of the molecule is COc1cc(C(C)C)sc1CC(=O)O. The summed E-state index contributed by atoms with van der Waals surface area (Å²) in [5, 5.41) is 8.69. The fourth-order valence-corrected chi connectivity index (χ4v) is 2.27. The molecule has 0 bridgehead atoms. The molecular formula is C10H14O3S. The number of hydrogen-bond donors (Lipinski definition) is 1. The van der Waals surface area contributed by atoms with Crippen LogP contribution in [0.4, 0.5) is 0 Å². The molecule has 0 radical (unpaired) electrons. The van der Waals surface area contributed by atoms with Crippen LogP contribution in [-0.4, -0.2) is 18.2 Å². The van der Waals surface area contributed by atoms with Crippen molar-refractivity contribution < 1.29 is 14.6 Å². The fraction of sp³-hybridized carbons (Fsp3) is 0.500. The van der Waals surface area contributed by atoms with Crippen LogP contribution in [0.1, 0.15) is 29.5 Å². The fourth-order valence-electron chi connectivity index (χ4n) is 1.15. The minimum atomic E-state index is -0.819. The summed E-state index contributed by atoms with van der Waals surface area (Å²) in [5.41, 5.74) is 0. The molecule has 3 nitrogen and oxygen atoms in total. The zero-order valence-electron chi connectivity index (χ0n) is 8.53. The van der Waals surface area contributed by atoms with Gasteiger partial charge in [0, 0.05) is 4.88 Å². The van der Waals surface area contributed by atoms with E-state index < -0.39 is 5.97 Å². The summed E-state index contributed by atoms with van der Waals surface area (Å²) in [6, 6.07) is 1.92. The van der Waals surface area contributed by atoms with Crippen LogP contribution >= 0.6 is 11.3 Å². The van der Waals surface area contributed by atoms with Gasteiger partial charge >= 0.3 is 5.97 Å². The summed E-state index contributed by atoms with van der Waals surface area (Å²) in [5.74, 6) is 0.290. The maximum absolute atomic E-state index is 10.6. The van der Waals surface area contributed by atoms with E-state index in [1.54, 1.807) is 7.11 Å². The van der Waals surface area contributed by atoms with Crippen molar-refractivity contribution in [3.05, 3.63) is 15.8 Å². The van der Waals surface area contributed by atoms with E-state index in [-0.39, 0.29) is 6.42 Å². The first-order valence-corrected chi connectivity index (χ1v) is 5.24. The van der Waals surface area contributed by atoms with Crippen LogP contribution in [0.2, 0.25) is 0 Å². The van der Waals surface area contributed by atoms with Crippen molar-refractivity contribution in [1.82, 2.24) is 0 Å². The average Bonchev–Trinajstić information content (AvgIpc) is 2.46. The Morgan fingerprint density at radius 2 is 2.29 bits per heavy atom. The number of aliphatic carboxylic acids is 1. The number of carboxylic acids is 1. The first kappa shape index (κ1) is 11.0. The molecule has 0 aliphatic heterocycles. The lowest BCUT2D eigenvalue weighted by Gasteiger charge is -1.97. The van der Waals surface area contributed by atoms with Crippen molar-refractivity contribution in [3.63, 3.8) is 0 Å². The van der Waals surface area contributed by atoms with E-state index in [4.69, 9.17) is 9.84 Å². The molecule has 0 aromatic carbocycles. The molecule has 0 atom stereocenters. The van der Waals surface area contributed by atoms with Gasteiger partial charge in [-0.15, -0.1) is 11.3 Å². The second kappa shape index (κ2) is 4.46. The highest BCUT2D eigenvalue weighted by atomic mass is 32.1. The Balaban J connectivity index is 2.96. The number of hydrogen-bond acceptors (Lipinski definition) is 3. The lowest BCUT2D eigenvalue weighted by atomic mass is 10.2. The lowest BCUT2D eigenvalue weighted by molar-refractivity contribution is -0.136. The number of carboxylic acid groups (broad SMARTS) is 1. The van der Waals surface area contributed by atoms with Gasteiger partial charge in [0.25, 0.3) is 0 Å². The Kier molecular flexibility index (Phi) is 3.52. The lowest BCUT2D eigenvalue weighted by Crippen LogP contribution is -1.99. The third kappa shape index (κ3) is 2.48. The maximum atomic E-state index is 10.6. The van der Waals surface area contributed by atoms with Gasteiger partial charge in [0.2, 0.25) is 0 Å². The standard InChI is InChI=1S/C10H14O3S/c1-6(2)8-4-7(13-3)9(14-8)5-10(11)12/h4,6H,5H2,1-3H3,(H,11,12). The summed E-state index contributed by atoms with van der Waals surface area (Å²) in [4.78, 5) is 12.5.